The van der Waals surface area contributed by atoms with E-state index < -0.39 is 19.7 Å². The van der Waals surface area contributed by atoms with Crippen molar-refractivity contribution in [2.24, 2.45) is 9.98 Å². The SMILES string of the molecule is OCCN1C=CC(C2=C3C=CC(Cl)(N3)C(Cl)(C3=CCN(CCO)C=C3)C3=NC(Cl)(C=C3)C(Cl)(C3=CCN(CCO)C=C3)c3ccc([nH]3)C(C3=CCN(CCO)C=C3)=C3C=CC2=N3)=CC1. The van der Waals surface area contributed by atoms with E-state index in [0.29, 0.717) is 92.0 Å². The highest BCUT2D eigenvalue weighted by Gasteiger charge is 2.60. The number of H-pyrrole nitrogens is 1. The third kappa shape index (κ3) is 7.71. The van der Waals surface area contributed by atoms with Crippen LogP contribution in [0.15, 0.2) is 171 Å². The number of hydrogen-bond acceptors (Lipinski definition) is 11. The maximum Gasteiger partial charge on any atom is 0.181 e. The summed E-state index contributed by atoms with van der Waals surface area (Å²) in [5.74, 6) is 0. The van der Waals surface area contributed by atoms with E-state index in [1.54, 1.807) is 12.2 Å². The Labute approximate surface area is 392 Å². The number of nitrogens with zero attached hydrogens (tertiary/aromatic N) is 6. The summed E-state index contributed by atoms with van der Waals surface area (Å²) in [5.41, 5.74) is 8.59. The first-order valence-corrected chi connectivity index (χ1v) is 22.9. The zero-order chi connectivity index (χ0) is 44.7. The molecule has 4 atom stereocenters. The number of aromatic amines is 1. The molecule has 1 aromatic rings. The van der Waals surface area contributed by atoms with E-state index in [9.17, 15) is 20.4 Å². The molecule has 12 nitrogen and oxygen atoms in total. The van der Waals surface area contributed by atoms with Crippen molar-refractivity contribution in [1.82, 2.24) is 29.9 Å². The van der Waals surface area contributed by atoms with Crippen molar-refractivity contribution >= 4 is 63.4 Å². The molecular weight excluding hydrogens is 894 g/mol. The van der Waals surface area contributed by atoms with Gasteiger partial charge in [0.1, 0.15) is 0 Å². The van der Waals surface area contributed by atoms with E-state index in [0.717, 1.165) is 28.0 Å². The van der Waals surface area contributed by atoms with Crippen LogP contribution in [-0.4, -0.2) is 150 Å². The lowest BCUT2D eigenvalue weighted by Gasteiger charge is -2.43. The lowest BCUT2D eigenvalue weighted by Crippen LogP contribution is -2.58. The van der Waals surface area contributed by atoms with Gasteiger partial charge in [-0.3, -0.25) is 4.99 Å². The van der Waals surface area contributed by atoms with E-state index in [4.69, 9.17) is 56.4 Å². The van der Waals surface area contributed by atoms with Crippen LogP contribution < -0.4 is 5.32 Å². The third-order valence-electron chi connectivity index (χ3n) is 12.6. The minimum absolute atomic E-state index is 0.00799. The van der Waals surface area contributed by atoms with E-state index in [2.05, 4.69) is 22.5 Å². The standard InChI is InChI=1S/C48H50Cl4N8O4/c49-45-15-5-40(55-45)44(34-9-19-58(20-10-34)26-30-62)38-2-1-37(53-38)43(33-7-17-57(18-8-33)25-29-61)39-3-4-41(54-39)47(51,35-11-21-59(22-12-35)27-31-63)46(50)16-6-42(56-46)48(45,52)36-13-23-60(24-14-36)28-32-64/h1-17,19,21,23,54-55,61-64H,18,20,22,24-32H2. The molecule has 0 aliphatic carbocycles. The van der Waals surface area contributed by atoms with Gasteiger partial charge in [0, 0.05) is 93.0 Å². The van der Waals surface area contributed by atoms with Crippen LogP contribution in [0.25, 0.3) is 5.57 Å². The number of halogens is 4. The predicted molar refractivity (Wildman–Crippen MR) is 257 cm³/mol. The quantitative estimate of drug-likeness (QED) is 0.119. The number of nitrogens with one attached hydrogen (secondary N) is 2. The summed E-state index contributed by atoms with van der Waals surface area (Å²) in [5, 5.41) is 42.5. The van der Waals surface area contributed by atoms with Gasteiger partial charge in [-0.1, -0.05) is 47.5 Å². The molecule has 9 rings (SSSR count). The van der Waals surface area contributed by atoms with Crippen LogP contribution in [0.1, 0.15) is 11.4 Å². The van der Waals surface area contributed by atoms with Gasteiger partial charge < -0.3 is 50.3 Å². The Morgan fingerprint density at radius 1 is 0.578 bits per heavy atom. The van der Waals surface area contributed by atoms with E-state index in [1.807, 2.05) is 117 Å². The Morgan fingerprint density at radius 2 is 1.12 bits per heavy atom. The molecule has 8 bridgehead atoms. The van der Waals surface area contributed by atoms with Crippen LogP contribution in [0.4, 0.5) is 0 Å². The van der Waals surface area contributed by atoms with Crippen molar-refractivity contribution in [3.05, 3.63) is 173 Å². The van der Waals surface area contributed by atoms with E-state index >= 15 is 0 Å². The van der Waals surface area contributed by atoms with Crippen molar-refractivity contribution in [3.8, 4) is 0 Å². The van der Waals surface area contributed by atoms with Gasteiger partial charge in [-0.2, -0.15) is 0 Å². The van der Waals surface area contributed by atoms with Crippen LogP contribution in [0.3, 0.4) is 0 Å². The van der Waals surface area contributed by atoms with Crippen LogP contribution in [0, 0.1) is 0 Å². The molecular formula is C48H50Cl4N8O4. The van der Waals surface area contributed by atoms with Gasteiger partial charge in [-0.25, -0.2) is 4.99 Å². The first-order chi connectivity index (χ1) is 31.0. The summed E-state index contributed by atoms with van der Waals surface area (Å²) in [6.45, 7) is 4.01. The van der Waals surface area contributed by atoms with Gasteiger partial charge in [-0.05, 0) is 108 Å². The number of rotatable bonds is 12. The highest BCUT2D eigenvalue weighted by Crippen LogP contribution is 2.56. The Kier molecular flexibility index (Phi) is 12.4. The fourth-order valence-corrected chi connectivity index (χ4v) is 10.6. The molecule has 64 heavy (non-hydrogen) atoms. The van der Waals surface area contributed by atoms with Gasteiger partial charge >= 0.3 is 0 Å². The average Bonchev–Trinajstić information content (AvgIpc) is 4.15. The molecule has 8 aliphatic rings. The summed E-state index contributed by atoms with van der Waals surface area (Å²) >= 11 is 32.1. The number of aliphatic imine (C=N–C) groups is 2. The van der Waals surface area contributed by atoms with E-state index in [-0.39, 0.29) is 26.4 Å². The number of alkyl halides is 4. The smallest absolute Gasteiger partial charge is 0.181 e. The Morgan fingerprint density at radius 3 is 1.66 bits per heavy atom. The normalized spacial score (nSPS) is 29.4. The number of aromatic nitrogens is 1. The minimum atomic E-state index is -1.65. The molecule has 0 amide bonds. The maximum atomic E-state index is 9.74. The van der Waals surface area contributed by atoms with Crippen molar-refractivity contribution in [2.45, 2.75) is 19.7 Å². The number of β-amino-alcohol motifs (C(OH)–C–C–N with tert-alkyl or cyclic N) is 4. The largest absolute Gasteiger partial charge is 0.395 e. The molecule has 4 unspecified atom stereocenters. The molecule has 6 N–H and O–H groups in total. The number of aliphatic hydroxyl groups excluding tert-OH is 4. The number of hydrogen-bond donors (Lipinski definition) is 6. The third-order valence-corrected chi connectivity index (χ3v) is 15.2. The second-order valence-electron chi connectivity index (χ2n) is 16.4. The van der Waals surface area contributed by atoms with Gasteiger partial charge in [0.2, 0.25) is 0 Å². The van der Waals surface area contributed by atoms with Crippen LogP contribution >= 0.6 is 46.4 Å². The van der Waals surface area contributed by atoms with Gasteiger partial charge in [0.25, 0.3) is 0 Å². The first kappa shape index (κ1) is 44.4. The minimum Gasteiger partial charge on any atom is -0.395 e. The topological polar surface area (TPSA) is 146 Å². The van der Waals surface area contributed by atoms with Crippen molar-refractivity contribution in [1.29, 1.82) is 0 Å². The second-order valence-corrected chi connectivity index (χ2v) is 18.7. The molecule has 8 aliphatic heterocycles. The molecule has 16 heteroatoms. The summed E-state index contributed by atoms with van der Waals surface area (Å²) in [6.07, 6.45) is 35.2. The molecule has 0 saturated heterocycles. The monoisotopic (exact) mass is 942 g/mol. The number of allylic oxidation sites excluding steroid dienone is 12. The predicted octanol–water partition coefficient (Wildman–Crippen LogP) is 5.45. The lowest BCUT2D eigenvalue weighted by atomic mass is 9.84. The zero-order valence-corrected chi connectivity index (χ0v) is 38.0. The van der Waals surface area contributed by atoms with Gasteiger partial charge in [0.15, 0.2) is 19.7 Å². The molecule has 0 radical (unpaired) electrons. The van der Waals surface area contributed by atoms with Crippen LogP contribution in [0.2, 0.25) is 0 Å². The summed E-state index contributed by atoms with van der Waals surface area (Å²) in [6, 6.07) is 3.92. The molecule has 0 saturated carbocycles. The summed E-state index contributed by atoms with van der Waals surface area (Å²) in [4.78, 5) is 16.1. The summed E-state index contributed by atoms with van der Waals surface area (Å²) in [7, 11) is 0. The molecule has 9 heterocycles. The van der Waals surface area contributed by atoms with E-state index in [1.165, 1.54) is 0 Å². The molecule has 0 fully saturated rings. The van der Waals surface area contributed by atoms with Gasteiger partial charge in [0.05, 0.1) is 43.5 Å². The first-order valence-electron chi connectivity index (χ1n) is 21.4. The molecule has 0 aromatic carbocycles. The zero-order valence-electron chi connectivity index (χ0n) is 35.0. The Hall–Kier alpha value is -4.76. The average molecular weight is 945 g/mol. The second kappa shape index (κ2) is 17.9. The Balaban J connectivity index is 1.28. The molecule has 1 aromatic heterocycles. The fraction of sp³-hybridized carbons (Fsp3) is 0.333. The van der Waals surface area contributed by atoms with Gasteiger partial charge in [-0.15, -0.1) is 23.2 Å². The number of fused-ring (bicyclic) bond motifs is 6. The molecule has 0 spiro atoms. The van der Waals surface area contributed by atoms with Crippen LogP contribution in [0.5, 0.6) is 0 Å². The van der Waals surface area contributed by atoms with Crippen molar-refractivity contribution < 1.29 is 20.4 Å². The van der Waals surface area contributed by atoms with Crippen molar-refractivity contribution in [3.63, 3.8) is 0 Å². The highest BCUT2D eigenvalue weighted by molar-refractivity contribution is 6.49. The summed E-state index contributed by atoms with van der Waals surface area (Å²) < 4.78 is 0. The van der Waals surface area contributed by atoms with Crippen LogP contribution in [-0.2, 0) is 4.87 Å². The fourth-order valence-electron chi connectivity index (χ4n) is 9.18. The lowest BCUT2D eigenvalue weighted by molar-refractivity contribution is 0.244. The highest BCUT2D eigenvalue weighted by atomic mass is 35.5. The molecule has 334 valence electrons. The Bertz CT molecular complexity index is 2560. The number of aliphatic hydroxyl groups is 4. The maximum absolute atomic E-state index is 9.74. The van der Waals surface area contributed by atoms with Crippen molar-refractivity contribution in [2.75, 3.05) is 78.8 Å².